The lowest BCUT2D eigenvalue weighted by molar-refractivity contribution is -0.0440. The highest BCUT2D eigenvalue weighted by Crippen LogP contribution is 2.22. The zero-order valence-corrected chi connectivity index (χ0v) is 15.9. The molecule has 2 aromatic rings. The molecule has 144 valence electrons. The third kappa shape index (κ3) is 4.35. The molecule has 1 N–H and O–H groups in total. The van der Waals surface area contributed by atoms with Crippen molar-refractivity contribution in [1.82, 2.24) is 4.31 Å². The lowest BCUT2D eigenvalue weighted by atomic mass is 10.2. The van der Waals surface area contributed by atoms with Gasteiger partial charge in [0, 0.05) is 18.7 Å². The number of sulfonamides is 1. The maximum atomic E-state index is 13.6. The van der Waals surface area contributed by atoms with Crippen molar-refractivity contribution in [3.8, 4) is 0 Å². The van der Waals surface area contributed by atoms with Gasteiger partial charge < -0.3 is 10.1 Å². The molecular formula is C19H21FN2O4S. The number of halogens is 1. The molecule has 0 aromatic heterocycles. The maximum Gasteiger partial charge on any atom is 0.255 e. The van der Waals surface area contributed by atoms with Crippen LogP contribution in [0.25, 0.3) is 0 Å². The smallest absolute Gasteiger partial charge is 0.255 e. The number of nitrogens with zero attached hydrogens (tertiary/aromatic N) is 1. The fraction of sp³-hybridized carbons (Fsp3) is 0.316. The molecule has 8 heteroatoms. The standard InChI is InChI=1S/C19H21FN2O4S/c1-13-11-22(12-14(2)26-13)27(24,25)16-9-7-15(8-10-16)19(23)21-18-6-4-3-5-17(18)20/h3-10,13-14H,11-12H2,1-2H3,(H,21,23)/t13-,14-/m0/s1. The summed E-state index contributed by atoms with van der Waals surface area (Å²) in [4.78, 5) is 12.4. The molecule has 0 radical (unpaired) electrons. The number of hydrogen-bond acceptors (Lipinski definition) is 4. The Morgan fingerprint density at radius 2 is 1.67 bits per heavy atom. The van der Waals surface area contributed by atoms with E-state index in [0.29, 0.717) is 0 Å². The van der Waals surface area contributed by atoms with Gasteiger partial charge in [-0.15, -0.1) is 0 Å². The fourth-order valence-corrected chi connectivity index (χ4v) is 4.60. The van der Waals surface area contributed by atoms with Gasteiger partial charge >= 0.3 is 0 Å². The quantitative estimate of drug-likeness (QED) is 0.868. The van der Waals surface area contributed by atoms with Crippen LogP contribution in [0.15, 0.2) is 53.4 Å². The number of anilines is 1. The number of hydrogen-bond donors (Lipinski definition) is 1. The Morgan fingerprint density at radius 1 is 1.07 bits per heavy atom. The molecule has 3 rings (SSSR count). The fourth-order valence-electron chi connectivity index (χ4n) is 3.01. The summed E-state index contributed by atoms with van der Waals surface area (Å²) >= 11 is 0. The van der Waals surface area contributed by atoms with Gasteiger partial charge in [-0.3, -0.25) is 4.79 Å². The highest BCUT2D eigenvalue weighted by molar-refractivity contribution is 7.89. The summed E-state index contributed by atoms with van der Waals surface area (Å²) in [5.41, 5.74) is 0.302. The number of morpholine rings is 1. The summed E-state index contributed by atoms with van der Waals surface area (Å²) in [7, 11) is -3.67. The Morgan fingerprint density at radius 3 is 2.26 bits per heavy atom. The number of ether oxygens (including phenoxy) is 1. The highest BCUT2D eigenvalue weighted by atomic mass is 32.2. The molecule has 1 aliphatic heterocycles. The molecule has 0 spiro atoms. The second kappa shape index (κ2) is 7.75. The first kappa shape index (κ1) is 19.5. The molecule has 6 nitrogen and oxygen atoms in total. The molecule has 27 heavy (non-hydrogen) atoms. The van der Waals surface area contributed by atoms with Crippen LogP contribution in [-0.2, 0) is 14.8 Å². The van der Waals surface area contributed by atoms with E-state index in [9.17, 15) is 17.6 Å². The predicted octanol–water partition coefficient (Wildman–Crippen LogP) is 2.88. The van der Waals surface area contributed by atoms with Crippen LogP contribution >= 0.6 is 0 Å². The van der Waals surface area contributed by atoms with E-state index < -0.39 is 21.7 Å². The SMILES string of the molecule is C[C@H]1CN(S(=O)(=O)c2ccc(C(=O)Nc3ccccc3F)cc2)C[C@H](C)O1. The summed E-state index contributed by atoms with van der Waals surface area (Å²) in [6.45, 7) is 4.22. The van der Waals surface area contributed by atoms with E-state index in [2.05, 4.69) is 5.32 Å². The third-order valence-electron chi connectivity index (χ3n) is 4.26. The average Bonchev–Trinajstić information content (AvgIpc) is 2.63. The van der Waals surface area contributed by atoms with E-state index in [4.69, 9.17) is 4.74 Å². The number of amides is 1. The number of rotatable bonds is 4. The first-order valence-electron chi connectivity index (χ1n) is 8.59. The van der Waals surface area contributed by atoms with Crippen LogP contribution in [0.3, 0.4) is 0 Å². The minimum Gasteiger partial charge on any atom is -0.373 e. The van der Waals surface area contributed by atoms with Crippen LogP contribution in [0, 0.1) is 5.82 Å². The Labute approximate surface area is 158 Å². The highest BCUT2D eigenvalue weighted by Gasteiger charge is 2.32. The summed E-state index contributed by atoms with van der Waals surface area (Å²) < 4.78 is 46.2. The monoisotopic (exact) mass is 392 g/mol. The van der Waals surface area contributed by atoms with Gasteiger partial charge in [-0.25, -0.2) is 12.8 Å². The minimum absolute atomic E-state index is 0.0653. The average molecular weight is 392 g/mol. The van der Waals surface area contributed by atoms with Gasteiger partial charge in [0.1, 0.15) is 5.82 Å². The summed E-state index contributed by atoms with van der Waals surface area (Å²) in [5, 5.41) is 2.47. The molecule has 1 heterocycles. The van der Waals surface area contributed by atoms with Gasteiger partial charge in [-0.05, 0) is 50.2 Å². The lowest BCUT2D eigenvalue weighted by Gasteiger charge is -2.34. The minimum atomic E-state index is -3.67. The Kier molecular flexibility index (Phi) is 5.59. The number of carbonyl (C=O) groups is 1. The predicted molar refractivity (Wildman–Crippen MR) is 99.6 cm³/mol. The van der Waals surface area contributed by atoms with E-state index in [1.54, 1.807) is 6.07 Å². The molecule has 1 saturated heterocycles. The number of benzene rings is 2. The molecule has 0 saturated carbocycles. The van der Waals surface area contributed by atoms with E-state index in [1.165, 1.54) is 46.8 Å². The Hall–Kier alpha value is -2.29. The van der Waals surface area contributed by atoms with Crippen LogP contribution < -0.4 is 5.32 Å². The van der Waals surface area contributed by atoms with Crippen molar-refractivity contribution in [3.05, 3.63) is 59.9 Å². The van der Waals surface area contributed by atoms with E-state index in [0.717, 1.165) is 0 Å². The molecule has 2 atom stereocenters. The van der Waals surface area contributed by atoms with Crippen LogP contribution in [0.2, 0.25) is 0 Å². The maximum absolute atomic E-state index is 13.6. The van der Waals surface area contributed by atoms with Crippen molar-refractivity contribution < 1.29 is 22.3 Å². The zero-order valence-electron chi connectivity index (χ0n) is 15.1. The van der Waals surface area contributed by atoms with Gasteiger partial charge in [-0.2, -0.15) is 4.31 Å². The second-order valence-corrected chi connectivity index (χ2v) is 8.48. The molecule has 0 unspecified atom stereocenters. The molecule has 0 aliphatic carbocycles. The first-order chi connectivity index (χ1) is 12.8. The van der Waals surface area contributed by atoms with Crippen molar-refractivity contribution >= 4 is 21.6 Å². The number of carbonyl (C=O) groups excluding carboxylic acids is 1. The van der Waals surface area contributed by atoms with Gasteiger partial charge in [0.15, 0.2) is 0 Å². The summed E-state index contributed by atoms with van der Waals surface area (Å²) in [6.07, 6.45) is -0.372. The van der Waals surface area contributed by atoms with Crippen LogP contribution in [0.1, 0.15) is 24.2 Å². The molecule has 1 aliphatic rings. The first-order valence-corrected chi connectivity index (χ1v) is 10.0. The number of para-hydroxylation sites is 1. The van der Waals surface area contributed by atoms with Gasteiger partial charge in [-0.1, -0.05) is 12.1 Å². The Bertz CT molecular complexity index is 921. The van der Waals surface area contributed by atoms with Crippen LogP contribution in [-0.4, -0.2) is 43.9 Å². The van der Waals surface area contributed by atoms with Crippen molar-refractivity contribution in [2.24, 2.45) is 0 Å². The topological polar surface area (TPSA) is 75.7 Å². The van der Waals surface area contributed by atoms with E-state index >= 15 is 0 Å². The molecular weight excluding hydrogens is 371 g/mol. The third-order valence-corrected chi connectivity index (χ3v) is 6.11. The summed E-state index contributed by atoms with van der Waals surface area (Å²) in [6, 6.07) is 11.4. The van der Waals surface area contributed by atoms with Crippen molar-refractivity contribution in [2.75, 3.05) is 18.4 Å². The number of nitrogens with one attached hydrogen (secondary N) is 1. The van der Waals surface area contributed by atoms with Crippen LogP contribution in [0.4, 0.5) is 10.1 Å². The largest absolute Gasteiger partial charge is 0.373 e. The van der Waals surface area contributed by atoms with E-state index in [-0.39, 0.29) is 41.4 Å². The molecule has 1 amide bonds. The van der Waals surface area contributed by atoms with Crippen molar-refractivity contribution in [1.29, 1.82) is 0 Å². The second-order valence-electron chi connectivity index (χ2n) is 6.54. The van der Waals surface area contributed by atoms with Gasteiger partial charge in [0.05, 0.1) is 22.8 Å². The summed E-state index contributed by atoms with van der Waals surface area (Å²) in [5.74, 6) is -1.06. The molecule has 2 aromatic carbocycles. The van der Waals surface area contributed by atoms with E-state index in [1.807, 2.05) is 13.8 Å². The molecule has 1 fully saturated rings. The zero-order chi connectivity index (χ0) is 19.6. The normalized spacial score (nSPS) is 21.0. The molecule has 0 bridgehead atoms. The Balaban J connectivity index is 1.76. The van der Waals surface area contributed by atoms with Crippen molar-refractivity contribution in [3.63, 3.8) is 0 Å². The van der Waals surface area contributed by atoms with Crippen LogP contribution in [0.5, 0.6) is 0 Å². The van der Waals surface area contributed by atoms with Gasteiger partial charge in [0.25, 0.3) is 5.91 Å². The van der Waals surface area contributed by atoms with Crippen molar-refractivity contribution in [2.45, 2.75) is 31.0 Å². The lowest BCUT2D eigenvalue weighted by Crippen LogP contribution is -2.48. The van der Waals surface area contributed by atoms with Gasteiger partial charge in [0.2, 0.25) is 10.0 Å².